The third kappa shape index (κ3) is 3.12. The lowest BCUT2D eigenvalue weighted by molar-refractivity contribution is -0.142. The number of fused-ring (bicyclic) bond motifs is 6. The summed E-state index contributed by atoms with van der Waals surface area (Å²) in [6.45, 7) is 0.907. The lowest BCUT2D eigenvalue weighted by atomic mass is 9.85. The average molecular weight is 423 g/mol. The van der Waals surface area contributed by atoms with Gasteiger partial charge in [0.1, 0.15) is 5.88 Å². The predicted octanol–water partition coefficient (Wildman–Crippen LogP) is 3.21. The highest BCUT2D eigenvalue weighted by Crippen LogP contribution is 2.52. The Morgan fingerprint density at radius 2 is 1.67 bits per heavy atom. The predicted molar refractivity (Wildman–Crippen MR) is 115 cm³/mol. The van der Waals surface area contributed by atoms with Gasteiger partial charge in [-0.15, -0.1) is 11.6 Å². The molecule has 6 heteroatoms. The van der Waals surface area contributed by atoms with Crippen molar-refractivity contribution in [2.45, 2.75) is 13.0 Å². The van der Waals surface area contributed by atoms with Gasteiger partial charge in [-0.2, -0.15) is 0 Å². The average Bonchev–Trinajstić information content (AvgIpc) is 3.45. The minimum atomic E-state index is -0.204. The number of carbonyl (C=O) groups is 3. The number of alkyl halides is 1. The van der Waals surface area contributed by atoms with Crippen LogP contribution in [0.3, 0.4) is 0 Å². The molecule has 3 aliphatic rings. The molecule has 2 aromatic carbocycles. The number of hydrogen-bond acceptors (Lipinski definition) is 3. The number of allylic oxidation sites excluding steroid dienone is 2. The number of halogens is 1. The van der Waals surface area contributed by atoms with Crippen LogP contribution in [0.4, 0.5) is 0 Å². The molecule has 1 saturated heterocycles. The number of likely N-dealkylation sites (tertiary alicyclic amines) is 1. The molecule has 154 valence electrons. The van der Waals surface area contributed by atoms with Crippen LogP contribution in [0.1, 0.15) is 12.0 Å². The van der Waals surface area contributed by atoms with E-state index in [1.165, 1.54) is 4.90 Å². The number of imide groups is 1. The van der Waals surface area contributed by atoms with Gasteiger partial charge < -0.3 is 4.90 Å². The molecule has 0 N–H and O–H groups in total. The van der Waals surface area contributed by atoms with E-state index in [1.54, 1.807) is 4.90 Å². The van der Waals surface area contributed by atoms with Gasteiger partial charge in [-0.3, -0.25) is 19.3 Å². The van der Waals surface area contributed by atoms with Gasteiger partial charge in [-0.05, 0) is 40.7 Å². The molecule has 3 amide bonds. The zero-order valence-corrected chi connectivity index (χ0v) is 17.3. The second-order valence-corrected chi connectivity index (χ2v) is 8.73. The van der Waals surface area contributed by atoms with Gasteiger partial charge in [0.2, 0.25) is 17.7 Å². The molecule has 1 saturated carbocycles. The molecule has 2 aliphatic carbocycles. The Morgan fingerprint density at radius 3 is 2.33 bits per heavy atom. The summed E-state index contributed by atoms with van der Waals surface area (Å²) >= 11 is 5.84. The van der Waals surface area contributed by atoms with E-state index in [0.29, 0.717) is 6.54 Å². The van der Waals surface area contributed by atoms with Crippen molar-refractivity contribution in [2.24, 2.45) is 23.7 Å². The first-order valence-corrected chi connectivity index (χ1v) is 10.9. The van der Waals surface area contributed by atoms with Crippen molar-refractivity contribution in [2.75, 3.05) is 19.0 Å². The SMILES string of the molecule is O=C(CCl)N(CCN1C(=O)[C@@H]2[C@H](C1=O)[C@H]1C=C[C@@H]2C1)Cc1ccc2ccccc2c1. The second kappa shape index (κ2) is 7.55. The standard InChI is InChI=1S/C24H23ClN2O3/c25-13-20(28)26(14-15-5-6-16-3-1-2-4-17(16)11-15)9-10-27-23(29)21-18-7-8-19(12-18)22(21)24(27)30/h1-8,11,18-19,21-22H,9-10,12-14H2/t18-,19+,21+,22-. The van der Waals surface area contributed by atoms with Gasteiger partial charge in [-0.25, -0.2) is 0 Å². The van der Waals surface area contributed by atoms with Crippen molar-refractivity contribution in [3.8, 4) is 0 Å². The van der Waals surface area contributed by atoms with Crippen LogP contribution in [0.2, 0.25) is 0 Å². The van der Waals surface area contributed by atoms with Crippen LogP contribution >= 0.6 is 11.6 Å². The van der Waals surface area contributed by atoms with Crippen LogP contribution in [0.5, 0.6) is 0 Å². The van der Waals surface area contributed by atoms with Crippen LogP contribution < -0.4 is 0 Å². The first kappa shape index (κ1) is 19.3. The molecular formula is C24H23ClN2O3. The third-order valence-corrected chi connectivity index (χ3v) is 7.04. The van der Waals surface area contributed by atoms with Crippen molar-refractivity contribution in [3.05, 3.63) is 60.2 Å². The molecule has 0 spiro atoms. The van der Waals surface area contributed by atoms with E-state index in [2.05, 4.69) is 18.2 Å². The molecule has 30 heavy (non-hydrogen) atoms. The van der Waals surface area contributed by atoms with Gasteiger partial charge in [0.15, 0.2) is 0 Å². The summed E-state index contributed by atoms with van der Waals surface area (Å²) in [5.74, 6) is -0.508. The van der Waals surface area contributed by atoms with Crippen LogP contribution in [0.25, 0.3) is 10.8 Å². The summed E-state index contributed by atoms with van der Waals surface area (Å²) in [5, 5.41) is 2.24. The minimum Gasteiger partial charge on any atom is -0.336 e. The van der Waals surface area contributed by atoms with Crippen molar-refractivity contribution in [1.82, 2.24) is 9.80 Å². The van der Waals surface area contributed by atoms with E-state index in [0.717, 1.165) is 22.8 Å². The van der Waals surface area contributed by atoms with Gasteiger partial charge in [0.05, 0.1) is 11.8 Å². The van der Waals surface area contributed by atoms with Crippen LogP contribution in [-0.4, -0.2) is 46.5 Å². The number of nitrogens with zero attached hydrogens (tertiary/aromatic N) is 2. The highest BCUT2D eigenvalue weighted by atomic mass is 35.5. The van der Waals surface area contributed by atoms with Crippen molar-refractivity contribution in [1.29, 1.82) is 0 Å². The maximum Gasteiger partial charge on any atom is 0.237 e. The van der Waals surface area contributed by atoms with E-state index in [9.17, 15) is 14.4 Å². The highest BCUT2D eigenvalue weighted by Gasteiger charge is 2.59. The summed E-state index contributed by atoms with van der Waals surface area (Å²) in [6, 6.07) is 14.1. The number of rotatable bonds is 6. The van der Waals surface area contributed by atoms with Gasteiger partial charge in [0.25, 0.3) is 0 Å². The Kier molecular flexibility index (Phi) is 4.86. The van der Waals surface area contributed by atoms with Gasteiger partial charge in [-0.1, -0.05) is 48.6 Å². The first-order valence-electron chi connectivity index (χ1n) is 10.4. The highest BCUT2D eigenvalue weighted by molar-refractivity contribution is 6.27. The molecule has 4 atom stereocenters. The Hall–Kier alpha value is -2.66. The van der Waals surface area contributed by atoms with Crippen LogP contribution in [0.15, 0.2) is 54.6 Å². The Labute approximate surface area is 180 Å². The summed E-state index contributed by atoms with van der Waals surface area (Å²) < 4.78 is 0. The van der Waals surface area contributed by atoms with E-state index in [4.69, 9.17) is 11.6 Å². The molecule has 5 rings (SSSR count). The minimum absolute atomic E-state index is 0.0779. The van der Waals surface area contributed by atoms with Crippen molar-refractivity contribution >= 4 is 40.1 Å². The third-order valence-electron chi connectivity index (χ3n) is 6.81. The largest absolute Gasteiger partial charge is 0.336 e. The molecular weight excluding hydrogens is 400 g/mol. The summed E-state index contributed by atoms with van der Waals surface area (Å²) in [5.41, 5.74) is 0.991. The quantitative estimate of drug-likeness (QED) is 0.408. The number of hydrogen-bond donors (Lipinski definition) is 0. The summed E-state index contributed by atoms with van der Waals surface area (Å²) in [4.78, 5) is 41.2. The molecule has 5 nitrogen and oxygen atoms in total. The Morgan fingerprint density at radius 1 is 1.00 bits per heavy atom. The molecule has 2 aromatic rings. The molecule has 1 heterocycles. The van der Waals surface area contributed by atoms with Crippen LogP contribution in [0, 0.1) is 23.7 Å². The fourth-order valence-corrected chi connectivity index (χ4v) is 5.51. The smallest absolute Gasteiger partial charge is 0.237 e. The van der Waals surface area contributed by atoms with E-state index in [1.807, 2.05) is 36.4 Å². The van der Waals surface area contributed by atoms with E-state index < -0.39 is 0 Å². The normalized spacial score (nSPS) is 26.6. The Bertz CT molecular complexity index is 1040. The van der Waals surface area contributed by atoms with Crippen molar-refractivity contribution < 1.29 is 14.4 Å². The van der Waals surface area contributed by atoms with Crippen LogP contribution in [-0.2, 0) is 20.9 Å². The maximum atomic E-state index is 12.9. The van der Waals surface area contributed by atoms with Crippen molar-refractivity contribution in [3.63, 3.8) is 0 Å². The molecule has 0 aromatic heterocycles. The van der Waals surface area contributed by atoms with E-state index >= 15 is 0 Å². The summed E-state index contributed by atoms with van der Waals surface area (Å²) in [7, 11) is 0. The lowest BCUT2D eigenvalue weighted by Gasteiger charge is -2.25. The first-order chi connectivity index (χ1) is 14.6. The fourth-order valence-electron chi connectivity index (χ4n) is 5.34. The molecule has 2 bridgehead atoms. The zero-order chi connectivity index (χ0) is 20.8. The van der Waals surface area contributed by atoms with Gasteiger partial charge in [0, 0.05) is 19.6 Å². The number of carbonyl (C=O) groups excluding carboxylic acids is 3. The number of benzene rings is 2. The maximum absolute atomic E-state index is 12.9. The molecule has 0 radical (unpaired) electrons. The molecule has 2 fully saturated rings. The Balaban J connectivity index is 1.30. The number of amides is 3. The fraction of sp³-hybridized carbons (Fsp3) is 0.375. The second-order valence-electron chi connectivity index (χ2n) is 8.46. The van der Waals surface area contributed by atoms with E-state index in [-0.39, 0.29) is 60.4 Å². The molecule has 0 unspecified atom stereocenters. The topological polar surface area (TPSA) is 57.7 Å². The lowest BCUT2D eigenvalue weighted by Crippen LogP contribution is -2.42. The summed E-state index contributed by atoms with van der Waals surface area (Å²) in [6.07, 6.45) is 5.09. The monoisotopic (exact) mass is 422 g/mol. The zero-order valence-electron chi connectivity index (χ0n) is 16.5. The molecule has 1 aliphatic heterocycles. The van der Waals surface area contributed by atoms with Gasteiger partial charge >= 0.3 is 0 Å².